The second-order valence-electron chi connectivity index (χ2n) is 10.9. The quantitative estimate of drug-likeness (QED) is 0.186. The van der Waals surface area contributed by atoms with Crippen LogP contribution in [-0.4, -0.2) is 40.4 Å². The van der Waals surface area contributed by atoms with E-state index in [0.717, 1.165) is 51.8 Å². The summed E-state index contributed by atoms with van der Waals surface area (Å²) in [5.41, 5.74) is 4.83. The van der Waals surface area contributed by atoms with Crippen LogP contribution >= 0.6 is 0 Å². The van der Waals surface area contributed by atoms with E-state index in [2.05, 4.69) is 0 Å². The van der Waals surface area contributed by atoms with E-state index >= 15 is 0 Å². The summed E-state index contributed by atoms with van der Waals surface area (Å²) in [4.78, 5) is 31.8. The maximum atomic E-state index is 12.9. The fraction of sp³-hybridized carbons (Fsp3) is 0.265. The number of anilines is 1. The SMILES string of the molecule is CCOC(=O)/C=C(/c1ccccc1)n1ccc2c(/C=C/c3ccc4c(n3)N(C(=O)OC(C)(C)C)CCC4)cccc21. The van der Waals surface area contributed by atoms with E-state index in [0.29, 0.717) is 19.0 Å². The van der Waals surface area contributed by atoms with E-state index in [1.807, 2.05) is 110 Å². The normalized spacial score (nSPS) is 13.9. The average Bonchev–Trinajstić information content (AvgIpc) is 3.38. The van der Waals surface area contributed by atoms with Gasteiger partial charge in [-0.05, 0) is 81.5 Å². The Morgan fingerprint density at radius 1 is 0.976 bits per heavy atom. The van der Waals surface area contributed by atoms with Crippen molar-refractivity contribution in [3.8, 4) is 0 Å². The smallest absolute Gasteiger partial charge is 0.416 e. The topological polar surface area (TPSA) is 73.7 Å². The van der Waals surface area contributed by atoms with Crippen LogP contribution in [0, 0.1) is 0 Å². The Balaban J connectivity index is 1.48. The molecule has 41 heavy (non-hydrogen) atoms. The third-order valence-corrected chi connectivity index (χ3v) is 6.75. The highest BCUT2D eigenvalue weighted by atomic mass is 16.6. The van der Waals surface area contributed by atoms with Gasteiger partial charge in [0.05, 0.1) is 23.5 Å². The number of benzene rings is 2. The lowest BCUT2D eigenvalue weighted by atomic mass is 10.0. The van der Waals surface area contributed by atoms with Crippen LogP contribution in [0.5, 0.6) is 0 Å². The molecule has 0 radical (unpaired) electrons. The highest BCUT2D eigenvalue weighted by Crippen LogP contribution is 2.30. The molecule has 2 aromatic carbocycles. The fourth-order valence-corrected chi connectivity index (χ4v) is 4.96. The van der Waals surface area contributed by atoms with Crippen LogP contribution in [0.1, 0.15) is 56.5 Å². The lowest BCUT2D eigenvalue weighted by molar-refractivity contribution is -0.137. The van der Waals surface area contributed by atoms with E-state index < -0.39 is 5.60 Å². The lowest BCUT2D eigenvalue weighted by Crippen LogP contribution is -2.40. The molecule has 0 spiro atoms. The Kier molecular flexibility index (Phi) is 8.06. The molecule has 2 aromatic heterocycles. The Morgan fingerprint density at radius 2 is 1.78 bits per heavy atom. The monoisotopic (exact) mass is 549 g/mol. The summed E-state index contributed by atoms with van der Waals surface area (Å²) in [6, 6.07) is 21.9. The van der Waals surface area contributed by atoms with E-state index in [4.69, 9.17) is 14.5 Å². The van der Waals surface area contributed by atoms with E-state index in [1.54, 1.807) is 11.8 Å². The van der Waals surface area contributed by atoms with Gasteiger partial charge in [0.25, 0.3) is 0 Å². The maximum Gasteiger partial charge on any atom is 0.416 e. The fourth-order valence-electron chi connectivity index (χ4n) is 4.96. The first-order valence-corrected chi connectivity index (χ1v) is 14.0. The lowest BCUT2D eigenvalue weighted by Gasteiger charge is -2.30. The van der Waals surface area contributed by atoms with Crippen LogP contribution in [0.25, 0.3) is 28.8 Å². The summed E-state index contributed by atoms with van der Waals surface area (Å²) < 4.78 is 12.9. The number of aryl methyl sites for hydroxylation is 1. The van der Waals surface area contributed by atoms with Gasteiger partial charge in [-0.1, -0.05) is 54.6 Å². The molecular weight excluding hydrogens is 514 g/mol. The zero-order valence-electron chi connectivity index (χ0n) is 24.0. The molecule has 5 rings (SSSR count). The molecule has 210 valence electrons. The van der Waals surface area contributed by atoms with E-state index in [9.17, 15) is 9.59 Å². The summed E-state index contributed by atoms with van der Waals surface area (Å²) in [6.07, 6.45) is 8.87. The third kappa shape index (κ3) is 6.40. The largest absolute Gasteiger partial charge is 0.463 e. The molecule has 0 fully saturated rings. The highest BCUT2D eigenvalue weighted by Gasteiger charge is 2.28. The van der Waals surface area contributed by atoms with Gasteiger partial charge < -0.3 is 14.0 Å². The van der Waals surface area contributed by atoms with Crippen LogP contribution in [0.3, 0.4) is 0 Å². The van der Waals surface area contributed by atoms with Gasteiger partial charge >= 0.3 is 12.1 Å². The molecule has 0 aliphatic carbocycles. The Bertz CT molecular complexity index is 1630. The number of carbonyl (C=O) groups is 2. The standard InChI is InChI=1S/C34H35N3O4/c1-5-40-31(38)23-30(25-11-7-6-8-12-25)36-22-20-28-24(13-9-15-29(28)36)16-18-27-19-17-26-14-10-21-37(32(26)35-27)33(39)41-34(2,3)4/h6-9,11-13,15-20,22-23H,5,10,14,21H2,1-4H3/b18-16+,30-23-. The zero-order valence-corrected chi connectivity index (χ0v) is 24.0. The van der Waals surface area contributed by atoms with Crippen molar-refractivity contribution < 1.29 is 19.1 Å². The minimum Gasteiger partial charge on any atom is -0.463 e. The Hall–Kier alpha value is -4.65. The molecule has 0 N–H and O–H groups in total. The third-order valence-electron chi connectivity index (χ3n) is 6.75. The minimum atomic E-state index is -0.576. The summed E-state index contributed by atoms with van der Waals surface area (Å²) in [5.74, 6) is 0.275. The van der Waals surface area contributed by atoms with Crippen molar-refractivity contribution in [1.29, 1.82) is 0 Å². The van der Waals surface area contributed by atoms with Crippen molar-refractivity contribution in [3.05, 3.63) is 101 Å². The highest BCUT2D eigenvalue weighted by molar-refractivity contribution is 5.97. The van der Waals surface area contributed by atoms with Gasteiger partial charge in [-0.3, -0.25) is 4.90 Å². The molecule has 0 atom stereocenters. The second-order valence-corrected chi connectivity index (χ2v) is 10.9. The molecule has 7 nitrogen and oxygen atoms in total. The van der Waals surface area contributed by atoms with Crippen LogP contribution in [0.2, 0.25) is 0 Å². The first-order valence-electron chi connectivity index (χ1n) is 14.0. The summed E-state index contributed by atoms with van der Waals surface area (Å²) >= 11 is 0. The van der Waals surface area contributed by atoms with Crippen molar-refractivity contribution >= 4 is 46.6 Å². The van der Waals surface area contributed by atoms with Crippen LogP contribution < -0.4 is 4.90 Å². The van der Waals surface area contributed by atoms with E-state index in [-0.39, 0.29) is 12.1 Å². The number of ether oxygens (including phenoxy) is 2. The van der Waals surface area contributed by atoms with E-state index in [1.165, 1.54) is 6.08 Å². The van der Waals surface area contributed by atoms with Crippen LogP contribution in [0.15, 0.2) is 79.0 Å². The first-order chi connectivity index (χ1) is 19.7. The maximum absolute atomic E-state index is 12.9. The second kappa shape index (κ2) is 11.8. The summed E-state index contributed by atoms with van der Waals surface area (Å²) in [7, 11) is 0. The summed E-state index contributed by atoms with van der Waals surface area (Å²) in [6.45, 7) is 8.29. The predicted octanol–water partition coefficient (Wildman–Crippen LogP) is 7.35. The van der Waals surface area contributed by atoms with Gasteiger partial charge in [0, 0.05) is 24.2 Å². The van der Waals surface area contributed by atoms with Gasteiger partial charge in [-0.15, -0.1) is 0 Å². The van der Waals surface area contributed by atoms with Crippen molar-refractivity contribution in [1.82, 2.24) is 9.55 Å². The molecule has 1 amide bonds. The number of nitrogens with zero attached hydrogens (tertiary/aromatic N) is 3. The molecule has 0 unspecified atom stereocenters. The molecular formula is C34H35N3O4. The number of carbonyl (C=O) groups excluding carboxylic acids is 2. The van der Waals surface area contributed by atoms with Crippen molar-refractivity contribution in [3.63, 3.8) is 0 Å². The number of aromatic nitrogens is 2. The molecule has 0 saturated heterocycles. The van der Waals surface area contributed by atoms with Gasteiger partial charge in [-0.2, -0.15) is 0 Å². The van der Waals surface area contributed by atoms with Crippen LogP contribution in [-0.2, 0) is 20.7 Å². The molecule has 0 bridgehead atoms. The van der Waals surface area contributed by atoms with Gasteiger partial charge in [-0.25, -0.2) is 14.6 Å². The molecule has 4 aromatic rings. The number of amides is 1. The van der Waals surface area contributed by atoms with Gasteiger partial charge in [0.2, 0.25) is 0 Å². The number of fused-ring (bicyclic) bond motifs is 2. The van der Waals surface area contributed by atoms with Crippen molar-refractivity contribution in [2.24, 2.45) is 0 Å². The number of esters is 1. The Morgan fingerprint density at radius 3 is 2.54 bits per heavy atom. The average molecular weight is 550 g/mol. The minimum absolute atomic E-state index is 0.311. The number of pyridine rings is 1. The summed E-state index contributed by atoms with van der Waals surface area (Å²) in [5, 5.41) is 1.03. The number of rotatable bonds is 6. The molecule has 3 heterocycles. The van der Waals surface area contributed by atoms with Crippen molar-refractivity contribution in [2.45, 2.75) is 46.1 Å². The zero-order chi connectivity index (χ0) is 29.0. The number of hydrogen-bond acceptors (Lipinski definition) is 5. The van der Waals surface area contributed by atoms with Crippen molar-refractivity contribution in [2.75, 3.05) is 18.1 Å². The molecule has 7 heteroatoms. The predicted molar refractivity (Wildman–Crippen MR) is 163 cm³/mol. The van der Waals surface area contributed by atoms with Gasteiger partial charge in [0.15, 0.2) is 0 Å². The molecule has 1 aliphatic heterocycles. The number of hydrogen-bond donors (Lipinski definition) is 0. The Labute approximate surface area is 240 Å². The molecule has 0 saturated carbocycles. The first kappa shape index (κ1) is 27.9. The van der Waals surface area contributed by atoms with Gasteiger partial charge in [0.1, 0.15) is 11.4 Å². The molecule has 1 aliphatic rings. The van der Waals surface area contributed by atoms with Crippen LogP contribution in [0.4, 0.5) is 10.6 Å².